The van der Waals surface area contributed by atoms with Crippen LogP contribution in [0.2, 0.25) is 0 Å². The highest BCUT2D eigenvalue weighted by Gasteiger charge is 2.24. The van der Waals surface area contributed by atoms with Crippen LogP contribution in [0.5, 0.6) is 5.75 Å². The van der Waals surface area contributed by atoms with Gasteiger partial charge in [-0.05, 0) is 51.2 Å². The van der Waals surface area contributed by atoms with E-state index in [1.165, 1.54) is 19.4 Å². The van der Waals surface area contributed by atoms with Crippen molar-refractivity contribution < 1.29 is 4.74 Å². The lowest BCUT2D eigenvalue weighted by Crippen LogP contribution is -2.39. The summed E-state index contributed by atoms with van der Waals surface area (Å²) < 4.78 is 5.82. The molecule has 0 radical (unpaired) electrons. The smallest absolute Gasteiger partial charge is 0.119 e. The maximum Gasteiger partial charge on any atom is 0.119 e. The number of ether oxygens (including phenoxy) is 1. The highest BCUT2D eigenvalue weighted by Crippen LogP contribution is 2.18. The minimum Gasteiger partial charge on any atom is -0.492 e. The standard InChI is InChI=1S/C17H25N3O/c1-19(2)14-16-4-3-11-20(16)12-13-21-17-7-5-15(6-8-17)9-10-18/h5-8,16H,3-4,9,11-14H2,1-2H3. The number of benzene rings is 1. The van der Waals surface area contributed by atoms with Crippen LogP contribution in [0.25, 0.3) is 0 Å². The first kappa shape index (κ1) is 15.8. The van der Waals surface area contributed by atoms with Gasteiger partial charge in [0.15, 0.2) is 0 Å². The Morgan fingerprint density at radius 3 is 2.76 bits per heavy atom. The zero-order chi connectivity index (χ0) is 15.1. The fourth-order valence-electron chi connectivity index (χ4n) is 2.89. The Labute approximate surface area is 127 Å². The predicted molar refractivity (Wildman–Crippen MR) is 84.4 cm³/mol. The minimum atomic E-state index is 0.459. The fraction of sp³-hybridized carbons (Fsp3) is 0.588. The Bertz CT molecular complexity index is 464. The molecule has 1 aromatic carbocycles. The van der Waals surface area contributed by atoms with Crippen LogP contribution in [0.1, 0.15) is 18.4 Å². The van der Waals surface area contributed by atoms with Crippen molar-refractivity contribution in [3.05, 3.63) is 29.8 Å². The molecule has 0 saturated carbocycles. The Hall–Kier alpha value is -1.57. The Balaban J connectivity index is 1.74. The van der Waals surface area contributed by atoms with E-state index in [4.69, 9.17) is 10.00 Å². The molecule has 1 fully saturated rings. The Morgan fingerprint density at radius 1 is 1.33 bits per heavy atom. The molecular formula is C17H25N3O. The Morgan fingerprint density at radius 2 is 2.10 bits per heavy atom. The van der Waals surface area contributed by atoms with E-state index in [1.807, 2.05) is 24.3 Å². The van der Waals surface area contributed by atoms with E-state index < -0.39 is 0 Å². The van der Waals surface area contributed by atoms with Gasteiger partial charge in [0.05, 0.1) is 12.5 Å². The second-order valence-electron chi connectivity index (χ2n) is 5.92. The molecule has 0 aromatic heterocycles. The number of hydrogen-bond acceptors (Lipinski definition) is 4. The van der Waals surface area contributed by atoms with Gasteiger partial charge in [-0.1, -0.05) is 12.1 Å². The average molecular weight is 287 g/mol. The lowest BCUT2D eigenvalue weighted by molar-refractivity contribution is 0.172. The van der Waals surface area contributed by atoms with Crippen LogP contribution in [0.15, 0.2) is 24.3 Å². The molecule has 1 saturated heterocycles. The lowest BCUT2D eigenvalue weighted by Gasteiger charge is -2.26. The van der Waals surface area contributed by atoms with Crippen molar-refractivity contribution in [1.29, 1.82) is 5.26 Å². The van der Waals surface area contributed by atoms with Gasteiger partial charge in [0.25, 0.3) is 0 Å². The van der Waals surface area contributed by atoms with Crippen LogP contribution in [-0.2, 0) is 6.42 Å². The average Bonchev–Trinajstić information content (AvgIpc) is 2.88. The molecule has 4 nitrogen and oxygen atoms in total. The van der Waals surface area contributed by atoms with E-state index >= 15 is 0 Å². The van der Waals surface area contributed by atoms with Gasteiger partial charge in [-0.2, -0.15) is 5.26 Å². The SMILES string of the molecule is CN(C)CC1CCCN1CCOc1ccc(CC#N)cc1. The highest BCUT2D eigenvalue weighted by molar-refractivity contribution is 5.28. The monoisotopic (exact) mass is 287 g/mol. The molecule has 1 aromatic rings. The van der Waals surface area contributed by atoms with Crippen molar-refractivity contribution in [1.82, 2.24) is 9.80 Å². The summed E-state index contributed by atoms with van der Waals surface area (Å²) in [6.07, 6.45) is 3.04. The van der Waals surface area contributed by atoms with Crippen molar-refractivity contribution in [3.8, 4) is 11.8 Å². The molecule has 0 bridgehead atoms. The van der Waals surface area contributed by atoms with Crippen LogP contribution >= 0.6 is 0 Å². The molecule has 1 heterocycles. The van der Waals surface area contributed by atoms with Gasteiger partial charge in [-0.25, -0.2) is 0 Å². The van der Waals surface area contributed by atoms with E-state index in [0.717, 1.165) is 31.0 Å². The van der Waals surface area contributed by atoms with Crippen LogP contribution in [0, 0.1) is 11.3 Å². The van der Waals surface area contributed by atoms with E-state index in [9.17, 15) is 0 Å². The summed E-state index contributed by atoms with van der Waals surface area (Å²) in [7, 11) is 4.27. The third-order valence-electron chi connectivity index (χ3n) is 3.93. The van der Waals surface area contributed by atoms with E-state index in [0.29, 0.717) is 12.5 Å². The van der Waals surface area contributed by atoms with Crippen molar-refractivity contribution >= 4 is 0 Å². The molecule has 4 heteroatoms. The van der Waals surface area contributed by atoms with Gasteiger partial charge in [-0.3, -0.25) is 4.90 Å². The number of likely N-dealkylation sites (tertiary alicyclic amines) is 1. The van der Waals surface area contributed by atoms with Crippen LogP contribution in [0.4, 0.5) is 0 Å². The van der Waals surface area contributed by atoms with Crippen LogP contribution in [0.3, 0.4) is 0 Å². The molecule has 1 aliphatic rings. The second-order valence-corrected chi connectivity index (χ2v) is 5.92. The summed E-state index contributed by atoms with van der Waals surface area (Å²) in [5.41, 5.74) is 1.04. The van der Waals surface area contributed by atoms with Gasteiger partial charge in [0.1, 0.15) is 12.4 Å². The van der Waals surface area contributed by atoms with Gasteiger partial charge in [0.2, 0.25) is 0 Å². The lowest BCUT2D eigenvalue weighted by atomic mass is 10.2. The third-order valence-corrected chi connectivity index (χ3v) is 3.93. The van der Waals surface area contributed by atoms with Gasteiger partial charge < -0.3 is 9.64 Å². The molecule has 1 aliphatic heterocycles. The highest BCUT2D eigenvalue weighted by atomic mass is 16.5. The summed E-state index contributed by atoms with van der Waals surface area (Å²) in [6.45, 7) is 4.02. The van der Waals surface area contributed by atoms with E-state index in [1.54, 1.807) is 0 Å². The van der Waals surface area contributed by atoms with Gasteiger partial charge in [0, 0.05) is 19.1 Å². The van der Waals surface area contributed by atoms with Crippen molar-refractivity contribution in [3.63, 3.8) is 0 Å². The summed E-state index contributed by atoms with van der Waals surface area (Å²) in [4.78, 5) is 4.79. The van der Waals surface area contributed by atoms with Crippen molar-refractivity contribution in [2.75, 3.05) is 40.3 Å². The number of likely N-dealkylation sites (N-methyl/N-ethyl adjacent to an activating group) is 1. The van der Waals surface area contributed by atoms with E-state index in [-0.39, 0.29) is 0 Å². The van der Waals surface area contributed by atoms with Crippen LogP contribution in [-0.4, -0.2) is 56.2 Å². The maximum absolute atomic E-state index is 8.65. The third kappa shape index (κ3) is 5.04. The molecule has 0 aliphatic carbocycles. The zero-order valence-corrected chi connectivity index (χ0v) is 13.1. The molecule has 0 amide bonds. The summed E-state index contributed by atoms with van der Waals surface area (Å²) in [5, 5.41) is 8.65. The first-order valence-electron chi connectivity index (χ1n) is 7.66. The summed E-state index contributed by atoms with van der Waals surface area (Å²) in [5.74, 6) is 0.889. The van der Waals surface area contributed by atoms with Gasteiger partial charge >= 0.3 is 0 Å². The van der Waals surface area contributed by atoms with Gasteiger partial charge in [-0.15, -0.1) is 0 Å². The summed E-state index contributed by atoms with van der Waals surface area (Å²) in [6, 6.07) is 10.6. The molecule has 0 N–H and O–H groups in total. The van der Waals surface area contributed by atoms with Crippen molar-refractivity contribution in [2.45, 2.75) is 25.3 Å². The molecule has 21 heavy (non-hydrogen) atoms. The minimum absolute atomic E-state index is 0.459. The molecular weight excluding hydrogens is 262 g/mol. The molecule has 0 spiro atoms. The number of nitrogens with zero attached hydrogens (tertiary/aromatic N) is 3. The normalized spacial score (nSPS) is 18.9. The first-order valence-corrected chi connectivity index (χ1v) is 7.66. The Kier molecular flexibility index (Phi) is 6.04. The molecule has 1 unspecified atom stereocenters. The predicted octanol–water partition coefficient (Wildman–Crippen LogP) is 2.16. The maximum atomic E-state index is 8.65. The summed E-state index contributed by atoms with van der Waals surface area (Å²) >= 11 is 0. The topological polar surface area (TPSA) is 39.5 Å². The van der Waals surface area contributed by atoms with E-state index in [2.05, 4.69) is 30.0 Å². The van der Waals surface area contributed by atoms with Crippen LogP contribution < -0.4 is 4.74 Å². The molecule has 1 atom stereocenters. The fourth-order valence-corrected chi connectivity index (χ4v) is 2.89. The molecule has 2 rings (SSSR count). The largest absolute Gasteiger partial charge is 0.492 e. The quantitative estimate of drug-likeness (QED) is 0.770. The number of nitriles is 1. The van der Waals surface area contributed by atoms with Crippen molar-refractivity contribution in [2.24, 2.45) is 0 Å². The second kappa shape index (κ2) is 8.02. The number of hydrogen-bond donors (Lipinski definition) is 0. The first-order chi connectivity index (χ1) is 10.2. The number of rotatable bonds is 7. The molecule has 114 valence electrons. The zero-order valence-electron chi connectivity index (χ0n) is 13.1.